The van der Waals surface area contributed by atoms with Gasteiger partial charge in [0.2, 0.25) is 0 Å². The van der Waals surface area contributed by atoms with E-state index in [0.717, 1.165) is 0 Å². The van der Waals surface area contributed by atoms with Crippen LogP contribution in [0.3, 0.4) is 0 Å². The maximum Gasteiger partial charge on any atom is 0 e. The molecule has 0 amide bonds. The molecular formula is F5N3W-6. The summed E-state index contributed by atoms with van der Waals surface area (Å²) in [4.78, 5) is 0. The van der Waals surface area contributed by atoms with Crippen LogP contribution in [0.5, 0.6) is 0 Å². The second-order valence-electron chi connectivity index (χ2n) is 0.0894. The molecule has 0 unspecified atom stereocenters. The van der Waals surface area contributed by atoms with Gasteiger partial charge in [-0.3, -0.25) is 5.22 Å². The molecule has 0 rings (SSSR count). The van der Waals surface area contributed by atoms with Crippen molar-refractivity contribution in [3.05, 3.63) is 5.53 Å². The van der Waals surface area contributed by atoms with Crippen molar-refractivity contribution in [2.45, 2.75) is 0 Å². The van der Waals surface area contributed by atoms with E-state index in [4.69, 9.17) is 11.4 Å². The van der Waals surface area contributed by atoms with Crippen molar-refractivity contribution in [3.63, 3.8) is 0 Å². The minimum absolute atomic E-state index is 0. The van der Waals surface area contributed by atoms with E-state index in [0.29, 0.717) is 0 Å². The minimum atomic E-state index is 0. The molecule has 0 heterocycles. The molecule has 0 aliphatic carbocycles. The van der Waals surface area contributed by atoms with Gasteiger partial charge >= 0.3 is 0 Å². The Balaban J connectivity index is -0.00000000133. The Labute approximate surface area is 62.0 Å². The monoisotopic (exact) mass is 321 g/mol. The van der Waals surface area contributed by atoms with Crippen LogP contribution in [-0.2, 0) is 21.1 Å². The smallest absolute Gasteiger partial charge is 0 e. The Morgan fingerprint density at radius 1 is 0.889 bits per heavy atom. The van der Waals surface area contributed by atoms with E-state index in [-0.39, 0.29) is 44.6 Å². The van der Waals surface area contributed by atoms with Gasteiger partial charge in [-0.25, -0.2) is 0 Å². The fraction of sp³-hybridized carbons (Fsp3) is 0. The summed E-state index contributed by atoms with van der Waals surface area (Å²) in [6.07, 6.45) is 0. The first-order valence-corrected chi connectivity index (χ1v) is 0.400. The number of hydrogen-bond donors (Lipinski definition) is 0. The first kappa shape index (κ1) is 173. The molecule has 0 fully saturated rings. The van der Waals surface area contributed by atoms with E-state index >= 15 is 0 Å². The van der Waals surface area contributed by atoms with Crippen molar-refractivity contribution in [2.24, 2.45) is 5.22 Å². The van der Waals surface area contributed by atoms with Crippen molar-refractivity contribution in [2.75, 3.05) is 0 Å². The molecule has 0 aromatic rings. The second kappa shape index (κ2) is 645. The van der Waals surface area contributed by atoms with Crippen LogP contribution in [0.2, 0.25) is 0 Å². The molecule has 62 valence electrons. The van der Waals surface area contributed by atoms with Crippen molar-refractivity contribution in [1.29, 1.82) is 0 Å². The summed E-state index contributed by atoms with van der Waals surface area (Å²) in [6.45, 7) is 0. The third-order valence-electron chi connectivity index (χ3n) is 0. The number of nitrogens with zero attached hydrogens (tertiary/aromatic N) is 3. The topological polar surface area (TPSA) is 57.0 Å². The number of halogens is 5. The summed E-state index contributed by atoms with van der Waals surface area (Å²) >= 11 is 0. The van der Waals surface area contributed by atoms with Gasteiger partial charge in [0.25, 0.3) is 0 Å². The van der Waals surface area contributed by atoms with Crippen molar-refractivity contribution in [1.82, 2.24) is 5.84 Å². The SMILES string of the molecule is [F-].[F-].[F-].[F-].[F-].[N]N=[N-].[W]. The number of hydrogen-bond acceptors (Lipinski definition) is 1. The van der Waals surface area contributed by atoms with Crippen LogP contribution in [0.4, 0.5) is 0 Å². The maximum atomic E-state index is 6.75. The van der Waals surface area contributed by atoms with E-state index in [9.17, 15) is 0 Å². The van der Waals surface area contributed by atoms with Crippen molar-refractivity contribution < 1.29 is 44.6 Å². The standard InChI is InChI=1S/5FH.N3.W/c;;;;;1-3-2;/h5*1H;;/q;;;;;-1;/p-5. The molecule has 0 atom stereocenters. The van der Waals surface area contributed by atoms with Gasteiger partial charge in [0, 0.05) is 21.1 Å². The van der Waals surface area contributed by atoms with Gasteiger partial charge in [0.05, 0.1) is 0 Å². The van der Waals surface area contributed by atoms with E-state index in [1.807, 2.05) is 0 Å². The van der Waals surface area contributed by atoms with Crippen LogP contribution in [0.1, 0.15) is 0 Å². The van der Waals surface area contributed by atoms with Crippen LogP contribution in [0, 0.1) is 0 Å². The van der Waals surface area contributed by atoms with E-state index in [1.165, 1.54) is 5.22 Å². The predicted molar refractivity (Wildman–Crippen MR) is 7.92 cm³/mol. The van der Waals surface area contributed by atoms with Crippen LogP contribution in [0.25, 0.3) is 5.53 Å². The maximum absolute atomic E-state index is 6.75. The largest absolute Gasteiger partial charge is 1.00 e. The summed E-state index contributed by atoms with van der Waals surface area (Å²) in [7, 11) is 0. The zero-order chi connectivity index (χ0) is 2.71. The summed E-state index contributed by atoms with van der Waals surface area (Å²) in [6, 6.07) is 0. The van der Waals surface area contributed by atoms with Gasteiger partial charge < -0.3 is 34.9 Å². The molecule has 0 spiro atoms. The summed E-state index contributed by atoms with van der Waals surface area (Å²) < 4.78 is 0. The molecule has 0 saturated carbocycles. The van der Waals surface area contributed by atoms with Crippen LogP contribution >= 0.6 is 0 Å². The van der Waals surface area contributed by atoms with Gasteiger partial charge in [0.1, 0.15) is 0 Å². The van der Waals surface area contributed by atoms with Gasteiger partial charge in [-0.15, -0.1) is 0 Å². The first-order valence-electron chi connectivity index (χ1n) is 0.400. The van der Waals surface area contributed by atoms with Gasteiger partial charge in [-0.05, 0) is 0 Å². The molecule has 9 heteroatoms. The third kappa shape index (κ3) is 3720. The summed E-state index contributed by atoms with van der Waals surface area (Å²) in [5.74, 6) is 6.75. The normalized spacial score (nSPS) is 1.33. The van der Waals surface area contributed by atoms with Gasteiger partial charge in [-0.2, -0.15) is 0 Å². The van der Waals surface area contributed by atoms with Gasteiger partial charge in [0.15, 0.2) is 0 Å². The molecule has 0 bridgehead atoms. The first-order chi connectivity index (χ1) is 1.41. The van der Waals surface area contributed by atoms with Gasteiger partial charge in [-0.1, -0.05) is 0 Å². The Morgan fingerprint density at radius 2 is 0.889 bits per heavy atom. The van der Waals surface area contributed by atoms with E-state index in [1.54, 1.807) is 0 Å². The average molecular weight is 321 g/mol. The molecular weight excluding hydrogens is 321 g/mol. The third-order valence-corrected chi connectivity index (χ3v) is 0. The Kier molecular flexibility index (Phi) is 12400. The summed E-state index contributed by atoms with van der Waals surface area (Å²) in [5, 5.41) is 1.50. The quantitative estimate of drug-likeness (QED) is 0.242. The second-order valence-corrected chi connectivity index (χ2v) is 0.0894. The van der Waals surface area contributed by atoms with Crippen molar-refractivity contribution in [3.8, 4) is 0 Å². The molecule has 0 aromatic heterocycles. The zero-order valence-electron chi connectivity index (χ0n) is 3.64. The summed E-state index contributed by atoms with van der Waals surface area (Å²) in [5.41, 5.74) is 6.75. The van der Waals surface area contributed by atoms with E-state index < -0.39 is 0 Å². The Hall–Kier alpha value is -0.262. The molecule has 0 aliphatic heterocycles. The molecule has 3 nitrogen and oxygen atoms in total. The van der Waals surface area contributed by atoms with Crippen LogP contribution in [-0.4, -0.2) is 0 Å². The molecule has 2 radical (unpaired) electrons. The zero-order valence-corrected chi connectivity index (χ0v) is 6.57. The van der Waals surface area contributed by atoms with Crippen molar-refractivity contribution >= 4 is 0 Å². The van der Waals surface area contributed by atoms with E-state index in [2.05, 4.69) is 0 Å². The predicted octanol–water partition coefficient (Wildman–Crippen LogP) is -15.0. The Morgan fingerprint density at radius 3 is 0.889 bits per heavy atom. The fourth-order valence-corrected chi connectivity index (χ4v) is 0. The minimum Gasteiger partial charge on any atom is -1.00 e. The molecule has 0 saturated heterocycles. The van der Waals surface area contributed by atoms with Crippen LogP contribution in [0.15, 0.2) is 5.22 Å². The Bertz CT molecular complexity index is 19.7. The average Bonchev–Trinajstić information content (AvgIpc) is 0.918. The molecule has 0 N–H and O–H groups in total. The number of rotatable bonds is 0. The van der Waals surface area contributed by atoms with Crippen LogP contribution < -0.4 is 29.4 Å². The molecule has 0 aromatic carbocycles. The molecule has 9 heavy (non-hydrogen) atoms. The molecule has 0 aliphatic rings. The fourth-order valence-electron chi connectivity index (χ4n) is 0.